The highest BCUT2D eigenvalue weighted by Crippen LogP contribution is 2.12. The fourth-order valence-corrected chi connectivity index (χ4v) is 2.71. The first-order valence-corrected chi connectivity index (χ1v) is 10.00. The van der Waals surface area contributed by atoms with Crippen molar-refractivity contribution in [3.8, 4) is 0 Å². The third-order valence-electron chi connectivity index (χ3n) is 4.64. The van der Waals surface area contributed by atoms with E-state index >= 15 is 0 Å². The number of amides is 1. The van der Waals surface area contributed by atoms with E-state index in [9.17, 15) is 4.79 Å². The van der Waals surface area contributed by atoms with Crippen LogP contribution in [0.2, 0.25) is 0 Å². The zero-order chi connectivity index (χ0) is 16.5. The summed E-state index contributed by atoms with van der Waals surface area (Å²) in [6.07, 6.45) is 18.8. The minimum absolute atomic E-state index is 0.168. The van der Waals surface area contributed by atoms with Crippen molar-refractivity contribution < 1.29 is 4.79 Å². The van der Waals surface area contributed by atoms with E-state index in [1.54, 1.807) is 0 Å². The zero-order valence-corrected chi connectivity index (χ0v) is 15.6. The smallest absolute Gasteiger partial charge is 0.222 e. The van der Waals surface area contributed by atoms with Crippen LogP contribution in [0.3, 0.4) is 0 Å². The molecule has 22 heavy (non-hydrogen) atoms. The standard InChI is InChI=1S/C20H41NO/c1-4-6-7-8-9-10-11-12-13-14-15-16-17-18-21-20(22)19(3)5-2/h19H,4-18H2,1-3H3,(H,21,22). The average molecular weight is 312 g/mol. The third-order valence-corrected chi connectivity index (χ3v) is 4.64. The van der Waals surface area contributed by atoms with Gasteiger partial charge in [-0.1, -0.05) is 97.8 Å². The fraction of sp³-hybridized carbons (Fsp3) is 0.950. The molecule has 0 saturated heterocycles. The van der Waals surface area contributed by atoms with Crippen LogP contribution < -0.4 is 5.32 Å². The molecule has 0 aliphatic rings. The Hall–Kier alpha value is -0.530. The summed E-state index contributed by atoms with van der Waals surface area (Å²) in [7, 11) is 0. The zero-order valence-electron chi connectivity index (χ0n) is 15.6. The normalized spacial score (nSPS) is 12.3. The van der Waals surface area contributed by atoms with Gasteiger partial charge in [-0.15, -0.1) is 0 Å². The Morgan fingerprint density at radius 2 is 1.14 bits per heavy atom. The second kappa shape index (κ2) is 16.8. The van der Waals surface area contributed by atoms with Gasteiger partial charge in [0.05, 0.1) is 0 Å². The summed E-state index contributed by atoms with van der Waals surface area (Å²) in [5, 5.41) is 3.03. The molecule has 0 aromatic heterocycles. The highest BCUT2D eigenvalue weighted by Gasteiger charge is 2.08. The van der Waals surface area contributed by atoms with E-state index < -0.39 is 0 Å². The maximum absolute atomic E-state index is 11.6. The molecule has 0 aliphatic heterocycles. The van der Waals surface area contributed by atoms with Crippen LogP contribution in [0, 0.1) is 5.92 Å². The molecule has 0 rings (SSSR count). The van der Waals surface area contributed by atoms with Crippen molar-refractivity contribution in [1.29, 1.82) is 0 Å². The lowest BCUT2D eigenvalue weighted by atomic mass is 10.0. The van der Waals surface area contributed by atoms with E-state index in [0.29, 0.717) is 0 Å². The summed E-state index contributed by atoms with van der Waals surface area (Å²) in [5.41, 5.74) is 0. The monoisotopic (exact) mass is 311 g/mol. The van der Waals surface area contributed by atoms with Crippen LogP contribution in [0.4, 0.5) is 0 Å². The van der Waals surface area contributed by atoms with Crippen LogP contribution in [0.15, 0.2) is 0 Å². The molecule has 0 aliphatic carbocycles. The average Bonchev–Trinajstić information content (AvgIpc) is 2.54. The van der Waals surface area contributed by atoms with Crippen molar-refractivity contribution >= 4 is 5.91 Å². The molecule has 2 heteroatoms. The van der Waals surface area contributed by atoms with Crippen molar-refractivity contribution in [2.75, 3.05) is 6.54 Å². The lowest BCUT2D eigenvalue weighted by Crippen LogP contribution is -2.29. The van der Waals surface area contributed by atoms with Crippen molar-refractivity contribution in [3.63, 3.8) is 0 Å². The van der Waals surface area contributed by atoms with Crippen LogP contribution in [0.1, 0.15) is 111 Å². The number of rotatable bonds is 16. The number of hydrogen-bond donors (Lipinski definition) is 1. The van der Waals surface area contributed by atoms with Gasteiger partial charge in [-0.3, -0.25) is 4.79 Å². The molecular formula is C20H41NO. The van der Waals surface area contributed by atoms with Gasteiger partial charge in [0.15, 0.2) is 0 Å². The molecule has 132 valence electrons. The van der Waals surface area contributed by atoms with E-state index in [-0.39, 0.29) is 11.8 Å². The Balaban J connectivity index is 3.10. The fourth-order valence-electron chi connectivity index (χ4n) is 2.71. The van der Waals surface area contributed by atoms with Crippen molar-refractivity contribution in [2.45, 2.75) is 111 Å². The number of carbonyl (C=O) groups is 1. The molecule has 1 amide bonds. The molecule has 0 saturated carbocycles. The molecule has 0 fully saturated rings. The SMILES string of the molecule is CCCCCCCCCCCCCCCNC(=O)C(C)CC. The summed E-state index contributed by atoms with van der Waals surface area (Å²) >= 11 is 0. The van der Waals surface area contributed by atoms with Gasteiger partial charge in [0.2, 0.25) is 5.91 Å². The summed E-state index contributed by atoms with van der Waals surface area (Å²) < 4.78 is 0. The van der Waals surface area contributed by atoms with Crippen LogP contribution >= 0.6 is 0 Å². The van der Waals surface area contributed by atoms with Crippen LogP contribution in [-0.4, -0.2) is 12.5 Å². The molecule has 0 aromatic rings. The number of hydrogen-bond acceptors (Lipinski definition) is 1. The molecule has 2 nitrogen and oxygen atoms in total. The van der Waals surface area contributed by atoms with Crippen molar-refractivity contribution in [2.24, 2.45) is 5.92 Å². The lowest BCUT2D eigenvalue weighted by molar-refractivity contribution is -0.124. The number of carbonyl (C=O) groups excluding carboxylic acids is 1. The van der Waals surface area contributed by atoms with E-state index in [2.05, 4.69) is 19.2 Å². The van der Waals surface area contributed by atoms with Gasteiger partial charge in [0.1, 0.15) is 0 Å². The molecule has 0 spiro atoms. The van der Waals surface area contributed by atoms with Crippen LogP contribution in [-0.2, 0) is 4.79 Å². The molecule has 0 heterocycles. The first-order chi connectivity index (χ1) is 10.7. The van der Waals surface area contributed by atoms with Gasteiger partial charge in [-0.05, 0) is 12.8 Å². The maximum Gasteiger partial charge on any atom is 0.222 e. The minimum Gasteiger partial charge on any atom is -0.356 e. The molecule has 0 radical (unpaired) electrons. The Morgan fingerprint density at radius 3 is 1.55 bits per heavy atom. The predicted molar refractivity (Wildman–Crippen MR) is 98.2 cm³/mol. The summed E-state index contributed by atoms with van der Waals surface area (Å²) in [5.74, 6) is 0.392. The van der Waals surface area contributed by atoms with Gasteiger partial charge in [0, 0.05) is 12.5 Å². The molecule has 0 aromatic carbocycles. The number of nitrogens with one attached hydrogen (secondary N) is 1. The summed E-state index contributed by atoms with van der Waals surface area (Å²) in [4.78, 5) is 11.6. The lowest BCUT2D eigenvalue weighted by Gasteiger charge is -2.09. The largest absolute Gasteiger partial charge is 0.356 e. The molecule has 1 atom stereocenters. The van der Waals surface area contributed by atoms with Gasteiger partial charge < -0.3 is 5.32 Å². The predicted octanol–water partition coefficient (Wildman–Crippen LogP) is 6.24. The summed E-state index contributed by atoms with van der Waals surface area (Å²) in [6.45, 7) is 7.20. The third kappa shape index (κ3) is 14.4. The van der Waals surface area contributed by atoms with Crippen LogP contribution in [0.25, 0.3) is 0 Å². The van der Waals surface area contributed by atoms with Crippen LogP contribution in [0.5, 0.6) is 0 Å². The maximum atomic E-state index is 11.6. The Morgan fingerprint density at radius 1 is 0.727 bits per heavy atom. The second-order valence-electron chi connectivity index (χ2n) is 6.84. The summed E-state index contributed by atoms with van der Waals surface area (Å²) in [6, 6.07) is 0. The molecule has 0 bridgehead atoms. The first kappa shape index (κ1) is 21.5. The second-order valence-corrected chi connectivity index (χ2v) is 6.84. The molecule has 1 unspecified atom stereocenters. The topological polar surface area (TPSA) is 29.1 Å². The quantitative estimate of drug-likeness (QED) is 0.336. The highest BCUT2D eigenvalue weighted by atomic mass is 16.1. The van der Waals surface area contributed by atoms with E-state index in [1.807, 2.05) is 6.92 Å². The molecule has 1 N–H and O–H groups in total. The Labute approximate surface area is 139 Å². The van der Waals surface area contributed by atoms with E-state index in [1.165, 1.54) is 77.0 Å². The first-order valence-electron chi connectivity index (χ1n) is 10.00. The van der Waals surface area contributed by atoms with E-state index in [0.717, 1.165) is 19.4 Å². The van der Waals surface area contributed by atoms with Gasteiger partial charge >= 0.3 is 0 Å². The highest BCUT2D eigenvalue weighted by molar-refractivity contribution is 5.78. The van der Waals surface area contributed by atoms with Gasteiger partial charge in [-0.2, -0.15) is 0 Å². The molecular weight excluding hydrogens is 270 g/mol. The number of unbranched alkanes of at least 4 members (excludes halogenated alkanes) is 12. The van der Waals surface area contributed by atoms with Gasteiger partial charge in [0.25, 0.3) is 0 Å². The van der Waals surface area contributed by atoms with Crippen molar-refractivity contribution in [1.82, 2.24) is 5.32 Å². The van der Waals surface area contributed by atoms with E-state index in [4.69, 9.17) is 0 Å². The minimum atomic E-state index is 0.168. The Kier molecular flexibility index (Phi) is 16.4. The van der Waals surface area contributed by atoms with Gasteiger partial charge in [-0.25, -0.2) is 0 Å². The van der Waals surface area contributed by atoms with Crippen molar-refractivity contribution in [3.05, 3.63) is 0 Å². The Bertz CT molecular complexity index is 240.